The van der Waals surface area contributed by atoms with Crippen molar-refractivity contribution in [3.05, 3.63) is 24.3 Å². The highest BCUT2D eigenvalue weighted by Gasteiger charge is 2.30. The average molecular weight is 346 g/mol. The molecule has 0 unspecified atom stereocenters. The smallest absolute Gasteiger partial charge is 0.243 e. The highest BCUT2D eigenvalue weighted by Crippen LogP contribution is 2.24. The summed E-state index contributed by atoms with van der Waals surface area (Å²) in [6.07, 6.45) is 2.95. The number of rotatable bonds is 5. The molecule has 124 valence electrons. The summed E-state index contributed by atoms with van der Waals surface area (Å²) in [6, 6.07) is 5.43. The summed E-state index contributed by atoms with van der Waals surface area (Å²) >= 11 is 0. The Kier molecular flexibility index (Phi) is 5.26. The standard InChI is InChI=1S/C14H22N2O4S2/c1-15-10-12-4-3-9-16(11-12)22(19,20)14-7-5-13(6-8-14)21(2,17)18/h5-8,12,15H,3-4,9-11H2,1-2H3/t12-/m0/s1. The Labute approximate surface area is 132 Å². The van der Waals surface area contributed by atoms with E-state index in [0.717, 1.165) is 25.6 Å². The largest absolute Gasteiger partial charge is 0.319 e. The predicted molar refractivity (Wildman–Crippen MR) is 85.0 cm³/mol. The van der Waals surface area contributed by atoms with Crippen LogP contribution in [0.1, 0.15) is 12.8 Å². The molecule has 2 rings (SSSR count). The van der Waals surface area contributed by atoms with Crippen molar-refractivity contribution in [3.63, 3.8) is 0 Å². The molecule has 1 heterocycles. The maximum Gasteiger partial charge on any atom is 0.243 e. The zero-order valence-electron chi connectivity index (χ0n) is 12.8. The van der Waals surface area contributed by atoms with Crippen LogP contribution in [0.2, 0.25) is 0 Å². The molecule has 0 aromatic heterocycles. The van der Waals surface area contributed by atoms with Crippen LogP contribution in [-0.4, -0.2) is 54.1 Å². The topological polar surface area (TPSA) is 83.6 Å². The molecule has 0 radical (unpaired) electrons. The Bertz CT molecular complexity index is 710. The summed E-state index contributed by atoms with van der Waals surface area (Å²) < 4.78 is 49.7. The van der Waals surface area contributed by atoms with Gasteiger partial charge in [0.15, 0.2) is 9.84 Å². The molecular weight excluding hydrogens is 324 g/mol. The molecule has 0 saturated carbocycles. The number of nitrogens with one attached hydrogen (secondary N) is 1. The van der Waals surface area contributed by atoms with E-state index in [1.807, 2.05) is 7.05 Å². The van der Waals surface area contributed by atoms with Crippen molar-refractivity contribution < 1.29 is 16.8 Å². The van der Waals surface area contributed by atoms with Gasteiger partial charge in [-0.15, -0.1) is 0 Å². The second-order valence-corrected chi connectivity index (χ2v) is 9.63. The van der Waals surface area contributed by atoms with E-state index >= 15 is 0 Å². The first-order chi connectivity index (χ1) is 10.2. The molecule has 1 aromatic rings. The Morgan fingerprint density at radius 1 is 1.14 bits per heavy atom. The number of hydrogen-bond donors (Lipinski definition) is 1. The van der Waals surface area contributed by atoms with Gasteiger partial charge in [0.1, 0.15) is 0 Å². The predicted octanol–water partition coefficient (Wildman–Crippen LogP) is 0.710. The molecule has 1 aliphatic heterocycles. The van der Waals surface area contributed by atoms with Gasteiger partial charge in [0, 0.05) is 19.3 Å². The first-order valence-corrected chi connectivity index (χ1v) is 10.5. The summed E-state index contributed by atoms with van der Waals surface area (Å²) in [4.78, 5) is 0.267. The fourth-order valence-electron chi connectivity index (χ4n) is 2.71. The van der Waals surface area contributed by atoms with Gasteiger partial charge in [-0.3, -0.25) is 0 Å². The van der Waals surface area contributed by atoms with Gasteiger partial charge in [-0.2, -0.15) is 4.31 Å². The minimum Gasteiger partial charge on any atom is -0.319 e. The van der Waals surface area contributed by atoms with Crippen LogP contribution in [0.25, 0.3) is 0 Å². The summed E-state index contributed by atoms with van der Waals surface area (Å²) in [5.41, 5.74) is 0. The van der Waals surface area contributed by atoms with Gasteiger partial charge in [0.2, 0.25) is 10.0 Å². The van der Waals surface area contributed by atoms with E-state index in [-0.39, 0.29) is 9.79 Å². The first-order valence-electron chi connectivity index (χ1n) is 7.20. The van der Waals surface area contributed by atoms with E-state index in [4.69, 9.17) is 0 Å². The molecule has 1 aliphatic rings. The van der Waals surface area contributed by atoms with E-state index in [0.29, 0.717) is 19.0 Å². The number of hydrogen-bond acceptors (Lipinski definition) is 5. The molecule has 1 saturated heterocycles. The van der Waals surface area contributed by atoms with Crippen LogP contribution in [0.4, 0.5) is 0 Å². The Morgan fingerprint density at radius 3 is 2.27 bits per heavy atom. The summed E-state index contributed by atoms with van der Waals surface area (Å²) in [6.45, 7) is 1.80. The fraction of sp³-hybridized carbons (Fsp3) is 0.571. The third-order valence-corrected chi connectivity index (χ3v) is 6.87. The molecule has 0 bridgehead atoms. The summed E-state index contributed by atoms with van der Waals surface area (Å²) in [7, 11) is -5.03. The SMILES string of the molecule is CNC[C@@H]1CCCN(S(=O)(=O)c2ccc(S(C)(=O)=O)cc2)C1. The maximum absolute atomic E-state index is 12.7. The Morgan fingerprint density at radius 2 is 1.73 bits per heavy atom. The highest BCUT2D eigenvalue weighted by atomic mass is 32.2. The van der Waals surface area contributed by atoms with Crippen molar-refractivity contribution in [1.29, 1.82) is 0 Å². The Hall–Kier alpha value is -0.960. The summed E-state index contributed by atoms with van der Waals surface area (Å²) in [5, 5.41) is 3.09. The van der Waals surface area contributed by atoms with E-state index in [2.05, 4.69) is 5.32 Å². The third-order valence-electron chi connectivity index (χ3n) is 3.86. The molecule has 0 spiro atoms. The van der Waals surface area contributed by atoms with Crippen molar-refractivity contribution in [2.45, 2.75) is 22.6 Å². The summed E-state index contributed by atoms with van der Waals surface area (Å²) in [5.74, 6) is 0.309. The highest BCUT2D eigenvalue weighted by molar-refractivity contribution is 7.90. The monoisotopic (exact) mass is 346 g/mol. The fourth-order valence-corrected chi connectivity index (χ4v) is 4.89. The van der Waals surface area contributed by atoms with Crippen molar-refractivity contribution in [2.75, 3.05) is 32.9 Å². The number of sulfonamides is 1. The van der Waals surface area contributed by atoms with Crippen LogP contribution >= 0.6 is 0 Å². The second kappa shape index (κ2) is 6.66. The van der Waals surface area contributed by atoms with Gasteiger partial charge in [0.05, 0.1) is 9.79 Å². The molecule has 1 aromatic carbocycles. The molecule has 0 amide bonds. The van der Waals surface area contributed by atoms with Crippen LogP contribution in [0.15, 0.2) is 34.1 Å². The minimum atomic E-state index is -3.56. The molecule has 0 aliphatic carbocycles. The molecule has 1 fully saturated rings. The molecule has 1 atom stereocenters. The zero-order chi connectivity index (χ0) is 16.4. The number of nitrogens with zero attached hydrogens (tertiary/aromatic N) is 1. The lowest BCUT2D eigenvalue weighted by Gasteiger charge is -2.31. The number of sulfone groups is 1. The first kappa shape index (κ1) is 17.4. The number of benzene rings is 1. The van der Waals surface area contributed by atoms with Crippen molar-refractivity contribution >= 4 is 19.9 Å². The van der Waals surface area contributed by atoms with Gasteiger partial charge in [0.25, 0.3) is 0 Å². The Balaban J connectivity index is 2.23. The van der Waals surface area contributed by atoms with E-state index < -0.39 is 19.9 Å². The van der Waals surface area contributed by atoms with Gasteiger partial charge < -0.3 is 5.32 Å². The van der Waals surface area contributed by atoms with Crippen LogP contribution in [0.3, 0.4) is 0 Å². The zero-order valence-corrected chi connectivity index (χ0v) is 14.5. The van der Waals surface area contributed by atoms with Crippen molar-refractivity contribution in [1.82, 2.24) is 9.62 Å². The van der Waals surface area contributed by atoms with Crippen molar-refractivity contribution in [3.8, 4) is 0 Å². The second-order valence-electron chi connectivity index (χ2n) is 5.67. The molecule has 6 nitrogen and oxygen atoms in total. The minimum absolute atomic E-state index is 0.123. The van der Waals surface area contributed by atoms with Gasteiger partial charge >= 0.3 is 0 Å². The lowest BCUT2D eigenvalue weighted by Crippen LogP contribution is -2.42. The van der Waals surface area contributed by atoms with Gasteiger partial charge in [-0.05, 0) is 56.6 Å². The lowest BCUT2D eigenvalue weighted by molar-refractivity contribution is 0.263. The molecular formula is C14H22N2O4S2. The van der Waals surface area contributed by atoms with Crippen LogP contribution in [0, 0.1) is 5.92 Å². The van der Waals surface area contributed by atoms with E-state index in [1.54, 1.807) is 0 Å². The van der Waals surface area contributed by atoms with Crippen LogP contribution < -0.4 is 5.32 Å². The van der Waals surface area contributed by atoms with E-state index in [9.17, 15) is 16.8 Å². The normalized spacial score (nSPS) is 20.9. The quantitative estimate of drug-likeness (QED) is 0.849. The van der Waals surface area contributed by atoms with Crippen LogP contribution in [0.5, 0.6) is 0 Å². The average Bonchev–Trinajstić information content (AvgIpc) is 2.47. The maximum atomic E-state index is 12.7. The van der Waals surface area contributed by atoms with Crippen LogP contribution in [-0.2, 0) is 19.9 Å². The molecule has 8 heteroatoms. The third kappa shape index (κ3) is 3.87. The molecule has 1 N–H and O–H groups in total. The van der Waals surface area contributed by atoms with Crippen molar-refractivity contribution in [2.24, 2.45) is 5.92 Å². The molecule has 22 heavy (non-hydrogen) atoms. The van der Waals surface area contributed by atoms with Gasteiger partial charge in [-0.1, -0.05) is 0 Å². The van der Waals surface area contributed by atoms with Gasteiger partial charge in [-0.25, -0.2) is 16.8 Å². The van der Waals surface area contributed by atoms with E-state index in [1.165, 1.54) is 28.6 Å². The number of piperidine rings is 1. The lowest BCUT2D eigenvalue weighted by atomic mass is 10.00.